The molecule has 0 aliphatic heterocycles. The van der Waals surface area contributed by atoms with E-state index in [2.05, 4.69) is 27.7 Å². The molecule has 0 aromatic heterocycles. The summed E-state index contributed by atoms with van der Waals surface area (Å²) in [5.74, 6) is 4.65. The Morgan fingerprint density at radius 2 is 1.61 bits per heavy atom. The van der Waals surface area contributed by atoms with Crippen molar-refractivity contribution in [2.75, 3.05) is 0 Å². The van der Waals surface area contributed by atoms with Crippen LogP contribution < -0.4 is 0 Å². The molecule has 2 bridgehead atoms. The van der Waals surface area contributed by atoms with Gasteiger partial charge in [-0.2, -0.15) is 0 Å². The molecule has 3 saturated carbocycles. The van der Waals surface area contributed by atoms with E-state index < -0.39 is 0 Å². The van der Waals surface area contributed by atoms with E-state index in [9.17, 15) is 5.11 Å². The van der Waals surface area contributed by atoms with Crippen LogP contribution in [0, 0.1) is 40.9 Å². The topological polar surface area (TPSA) is 20.2 Å². The van der Waals surface area contributed by atoms with Crippen LogP contribution in [0.5, 0.6) is 0 Å². The Morgan fingerprint density at radius 3 is 2.22 bits per heavy atom. The van der Waals surface area contributed by atoms with Crippen LogP contribution in [0.4, 0.5) is 0 Å². The number of hydrogen-bond donors (Lipinski definition) is 1. The van der Waals surface area contributed by atoms with E-state index >= 15 is 0 Å². The molecule has 0 radical (unpaired) electrons. The summed E-state index contributed by atoms with van der Waals surface area (Å²) in [5.41, 5.74) is 0.548. The molecule has 1 heteroatoms. The fraction of sp³-hybridized carbons (Fsp3) is 1.00. The van der Waals surface area contributed by atoms with Crippen molar-refractivity contribution < 1.29 is 5.11 Å². The Hall–Kier alpha value is -0.0400. The van der Waals surface area contributed by atoms with E-state index in [0.717, 1.165) is 23.7 Å². The average Bonchev–Trinajstić information content (AvgIpc) is 2.83. The smallest absolute Gasteiger partial charge is 0.0596 e. The highest BCUT2D eigenvalue weighted by atomic mass is 16.3. The third-order valence-corrected chi connectivity index (χ3v) is 7.30. The van der Waals surface area contributed by atoms with Crippen LogP contribution >= 0.6 is 0 Å². The van der Waals surface area contributed by atoms with Gasteiger partial charge in [0.25, 0.3) is 0 Å². The average molecular weight is 250 g/mol. The first-order valence-corrected chi connectivity index (χ1v) is 8.11. The monoisotopic (exact) mass is 250 g/mol. The van der Waals surface area contributed by atoms with Gasteiger partial charge in [-0.3, -0.25) is 0 Å². The lowest BCUT2D eigenvalue weighted by atomic mass is 9.60. The van der Waals surface area contributed by atoms with Gasteiger partial charge in [-0.05, 0) is 66.6 Å². The van der Waals surface area contributed by atoms with Crippen molar-refractivity contribution >= 4 is 0 Å². The first-order chi connectivity index (χ1) is 8.43. The van der Waals surface area contributed by atoms with E-state index in [1.54, 1.807) is 0 Å². The normalized spacial score (nSPS) is 54.8. The molecule has 0 aromatic carbocycles. The van der Waals surface area contributed by atoms with Gasteiger partial charge in [-0.25, -0.2) is 0 Å². The lowest BCUT2D eigenvalue weighted by molar-refractivity contribution is -0.0365. The van der Waals surface area contributed by atoms with Crippen LogP contribution in [0.2, 0.25) is 0 Å². The molecule has 104 valence electrons. The van der Waals surface area contributed by atoms with E-state index in [1.165, 1.54) is 32.1 Å². The molecule has 3 aliphatic rings. The summed E-state index contributed by atoms with van der Waals surface area (Å²) in [5, 5.41) is 10.5. The van der Waals surface area contributed by atoms with E-state index in [-0.39, 0.29) is 6.10 Å². The first kappa shape index (κ1) is 13.0. The zero-order valence-electron chi connectivity index (χ0n) is 12.5. The molecule has 0 aromatic rings. The summed E-state index contributed by atoms with van der Waals surface area (Å²) >= 11 is 0. The zero-order valence-corrected chi connectivity index (χ0v) is 12.5. The lowest BCUT2D eigenvalue weighted by Crippen LogP contribution is -2.42. The number of hydrogen-bond acceptors (Lipinski definition) is 1. The first-order valence-electron chi connectivity index (χ1n) is 8.11. The zero-order chi connectivity index (χ0) is 13.1. The van der Waals surface area contributed by atoms with Gasteiger partial charge in [0.2, 0.25) is 0 Å². The highest BCUT2D eigenvalue weighted by molar-refractivity contribution is 5.06. The Morgan fingerprint density at radius 1 is 0.944 bits per heavy atom. The van der Waals surface area contributed by atoms with Crippen molar-refractivity contribution in [3.63, 3.8) is 0 Å². The molecule has 3 aliphatic carbocycles. The molecular formula is C17H30O. The molecule has 0 heterocycles. The van der Waals surface area contributed by atoms with E-state index in [4.69, 9.17) is 0 Å². The van der Waals surface area contributed by atoms with Gasteiger partial charge in [0.15, 0.2) is 0 Å². The second-order valence-corrected chi connectivity index (χ2v) is 8.17. The predicted molar refractivity (Wildman–Crippen MR) is 75.2 cm³/mol. The Balaban J connectivity index is 1.76. The molecule has 0 amide bonds. The molecule has 0 saturated heterocycles. The Bertz CT molecular complexity index is 318. The molecule has 1 N–H and O–H groups in total. The summed E-state index contributed by atoms with van der Waals surface area (Å²) in [6.07, 6.45) is 6.69. The minimum absolute atomic E-state index is 0.0154. The van der Waals surface area contributed by atoms with Gasteiger partial charge in [0.05, 0.1) is 6.10 Å². The fourth-order valence-electron chi connectivity index (χ4n) is 5.61. The van der Waals surface area contributed by atoms with Crippen molar-refractivity contribution in [1.29, 1.82) is 0 Å². The standard InChI is InChI=1S/C17H30O/c1-10-6-5-7-13(16(10)18)15-9-12-8-14(15)11(2)17(12,3)4/h10-16,18H,5-9H2,1-4H3/t10-,11+,12-,13-,14+,15+,16+/m1/s1. The van der Waals surface area contributed by atoms with E-state index in [1.807, 2.05) is 0 Å². The molecule has 7 atom stereocenters. The molecule has 18 heavy (non-hydrogen) atoms. The van der Waals surface area contributed by atoms with Crippen LogP contribution in [0.25, 0.3) is 0 Å². The number of aliphatic hydroxyl groups is 1. The molecule has 1 nitrogen and oxygen atoms in total. The summed E-state index contributed by atoms with van der Waals surface area (Å²) in [7, 11) is 0. The highest BCUT2D eigenvalue weighted by Gasteiger charge is 2.57. The number of aliphatic hydroxyl groups excluding tert-OH is 1. The Kier molecular flexibility index (Phi) is 3.05. The maximum Gasteiger partial charge on any atom is 0.0596 e. The van der Waals surface area contributed by atoms with Crippen molar-refractivity contribution in [2.24, 2.45) is 40.9 Å². The van der Waals surface area contributed by atoms with Crippen LogP contribution in [-0.4, -0.2) is 11.2 Å². The highest BCUT2D eigenvalue weighted by Crippen LogP contribution is 2.64. The Labute approximate surface area is 112 Å². The predicted octanol–water partition coefficient (Wildman–Crippen LogP) is 4.10. The van der Waals surface area contributed by atoms with Gasteiger partial charge in [0.1, 0.15) is 0 Å². The lowest BCUT2D eigenvalue weighted by Gasteiger charge is -2.46. The second-order valence-electron chi connectivity index (χ2n) is 8.17. The van der Waals surface area contributed by atoms with Crippen molar-refractivity contribution in [2.45, 2.75) is 65.9 Å². The van der Waals surface area contributed by atoms with Crippen molar-refractivity contribution in [1.82, 2.24) is 0 Å². The van der Waals surface area contributed by atoms with Crippen LogP contribution in [0.3, 0.4) is 0 Å². The fourth-order valence-corrected chi connectivity index (χ4v) is 5.61. The molecule has 3 fully saturated rings. The molecule has 0 spiro atoms. The summed E-state index contributed by atoms with van der Waals surface area (Å²) < 4.78 is 0. The maximum absolute atomic E-state index is 10.5. The number of fused-ring (bicyclic) bond motifs is 2. The minimum atomic E-state index is -0.0154. The molecule has 0 unspecified atom stereocenters. The van der Waals surface area contributed by atoms with Gasteiger partial charge in [0, 0.05) is 0 Å². The number of rotatable bonds is 1. The second kappa shape index (κ2) is 4.23. The van der Waals surface area contributed by atoms with Gasteiger partial charge in [-0.15, -0.1) is 0 Å². The minimum Gasteiger partial charge on any atom is -0.393 e. The van der Waals surface area contributed by atoms with Crippen LogP contribution in [0.1, 0.15) is 59.8 Å². The van der Waals surface area contributed by atoms with Crippen molar-refractivity contribution in [3.8, 4) is 0 Å². The molecular weight excluding hydrogens is 220 g/mol. The van der Waals surface area contributed by atoms with Gasteiger partial charge in [-0.1, -0.05) is 34.1 Å². The van der Waals surface area contributed by atoms with Crippen LogP contribution in [-0.2, 0) is 0 Å². The van der Waals surface area contributed by atoms with Gasteiger partial charge >= 0.3 is 0 Å². The maximum atomic E-state index is 10.5. The van der Waals surface area contributed by atoms with Crippen molar-refractivity contribution in [3.05, 3.63) is 0 Å². The van der Waals surface area contributed by atoms with Crippen LogP contribution in [0.15, 0.2) is 0 Å². The third kappa shape index (κ3) is 1.69. The summed E-state index contributed by atoms with van der Waals surface area (Å²) in [6.45, 7) is 9.66. The summed E-state index contributed by atoms with van der Waals surface area (Å²) in [4.78, 5) is 0. The SMILES string of the molecule is C[C@@H]1CCC[C@H]([C@@H]2C[C@H]3C[C@H]2[C@H](C)C3(C)C)[C@H]1O. The largest absolute Gasteiger partial charge is 0.393 e. The molecule has 3 rings (SSSR count). The van der Waals surface area contributed by atoms with E-state index in [0.29, 0.717) is 17.3 Å². The quantitative estimate of drug-likeness (QED) is 0.743. The summed E-state index contributed by atoms with van der Waals surface area (Å²) in [6, 6.07) is 0. The third-order valence-electron chi connectivity index (χ3n) is 7.30. The van der Waals surface area contributed by atoms with Gasteiger partial charge < -0.3 is 5.11 Å².